The Bertz CT molecular complexity index is 717. The zero-order valence-electron chi connectivity index (χ0n) is 10.5. The Hall–Kier alpha value is -1.80. The van der Waals surface area contributed by atoms with Crippen molar-refractivity contribution in [3.63, 3.8) is 0 Å². The van der Waals surface area contributed by atoms with Crippen molar-refractivity contribution in [3.8, 4) is 5.75 Å². The van der Waals surface area contributed by atoms with Gasteiger partial charge in [0.2, 0.25) is 0 Å². The van der Waals surface area contributed by atoms with Gasteiger partial charge < -0.3 is 10.5 Å². The van der Waals surface area contributed by atoms with Crippen LogP contribution in [0.5, 0.6) is 5.75 Å². The number of pyridine rings is 1. The van der Waals surface area contributed by atoms with E-state index in [0.29, 0.717) is 5.75 Å². The summed E-state index contributed by atoms with van der Waals surface area (Å²) in [4.78, 5) is 3.92. The molecule has 0 aliphatic carbocycles. The molecule has 1 aromatic carbocycles. The van der Waals surface area contributed by atoms with E-state index in [1.807, 2.05) is 0 Å². The van der Waals surface area contributed by atoms with Gasteiger partial charge in [-0.05, 0) is 40.2 Å². The number of rotatable bonds is 4. The van der Waals surface area contributed by atoms with Gasteiger partial charge in [0.05, 0.1) is 12.8 Å². The molecule has 0 bridgehead atoms. The molecule has 6 nitrogen and oxygen atoms in total. The number of hydrogen-bond acceptors (Lipinski definition) is 5. The van der Waals surface area contributed by atoms with Crippen LogP contribution in [0.2, 0.25) is 0 Å². The summed E-state index contributed by atoms with van der Waals surface area (Å²) in [5, 5.41) is 0. The number of nitrogens with two attached hydrogens (primary N) is 1. The largest absolute Gasteiger partial charge is 0.497 e. The Labute approximate surface area is 125 Å². The maximum absolute atomic E-state index is 12.2. The molecule has 3 N–H and O–H groups in total. The molecular weight excluding hydrogens is 346 g/mol. The van der Waals surface area contributed by atoms with E-state index in [0.717, 1.165) is 4.47 Å². The van der Waals surface area contributed by atoms with Crippen LogP contribution < -0.4 is 15.2 Å². The summed E-state index contributed by atoms with van der Waals surface area (Å²) in [5.41, 5.74) is 5.84. The van der Waals surface area contributed by atoms with Crippen LogP contribution in [0, 0.1) is 0 Å². The zero-order chi connectivity index (χ0) is 14.8. The SMILES string of the molecule is COc1ccc(S(=O)(=O)Nc2ccc(Br)cn2)c(N)c1. The number of methoxy groups -OCH3 is 1. The van der Waals surface area contributed by atoms with E-state index in [-0.39, 0.29) is 16.4 Å². The predicted molar refractivity (Wildman–Crippen MR) is 80.2 cm³/mol. The third-order valence-corrected chi connectivity index (χ3v) is 4.37. The van der Waals surface area contributed by atoms with Crippen molar-refractivity contribution >= 4 is 37.5 Å². The molecule has 0 aliphatic heterocycles. The van der Waals surface area contributed by atoms with Gasteiger partial charge in [-0.1, -0.05) is 0 Å². The van der Waals surface area contributed by atoms with Crippen LogP contribution in [0.25, 0.3) is 0 Å². The minimum absolute atomic E-state index is 0.0250. The molecule has 0 radical (unpaired) electrons. The minimum Gasteiger partial charge on any atom is -0.497 e. The van der Waals surface area contributed by atoms with Crippen LogP contribution in [0.3, 0.4) is 0 Å². The van der Waals surface area contributed by atoms with Gasteiger partial charge in [0, 0.05) is 16.7 Å². The highest BCUT2D eigenvalue weighted by molar-refractivity contribution is 9.10. The van der Waals surface area contributed by atoms with Gasteiger partial charge in [0.1, 0.15) is 16.5 Å². The van der Waals surface area contributed by atoms with Crippen LogP contribution in [0.4, 0.5) is 11.5 Å². The third-order valence-electron chi connectivity index (χ3n) is 2.47. The second kappa shape index (κ2) is 5.68. The highest BCUT2D eigenvalue weighted by Gasteiger charge is 2.18. The lowest BCUT2D eigenvalue weighted by Crippen LogP contribution is -2.15. The van der Waals surface area contributed by atoms with Crippen LogP contribution in [0.1, 0.15) is 0 Å². The molecule has 0 spiro atoms. The lowest BCUT2D eigenvalue weighted by Gasteiger charge is -2.10. The van der Waals surface area contributed by atoms with Crippen molar-refractivity contribution in [1.29, 1.82) is 0 Å². The Morgan fingerprint density at radius 2 is 2.05 bits per heavy atom. The predicted octanol–water partition coefficient (Wildman–Crippen LogP) is 2.24. The highest BCUT2D eigenvalue weighted by atomic mass is 79.9. The van der Waals surface area contributed by atoms with Gasteiger partial charge in [-0.2, -0.15) is 0 Å². The molecule has 0 atom stereocenters. The quantitative estimate of drug-likeness (QED) is 0.818. The highest BCUT2D eigenvalue weighted by Crippen LogP contribution is 2.25. The number of anilines is 2. The van der Waals surface area contributed by atoms with Crippen LogP contribution >= 0.6 is 15.9 Å². The zero-order valence-corrected chi connectivity index (χ0v) is 12.9. The summed E-state index contributed by atoms with van der Waals surface area (Å²) in [7, 11) is -2.31. The molecule has 20 heavy (non-hydrogen) atoms. The van der Waals surface area contributed by atoms with Gasteiger partial charge >= 0.3 is 0 Å². The van der Waals surface area contributed by atoms with E-state index < -0.39 is 10.0 Å². The van der Waals surface area contributed by atoms with Crippen molar-refractivity contribution in [3.05, 3.63) is 41.0 Å². The first-order valence-electron chi connectivity index (χ1n) is 5.50. The van der Waals surface area contributed by atoms with Gasteiger partial charge in [0.25, 0.3) is 10.0 Å². The Balaban J connectivity index is 2.33. The maximum Gasteiger partial charge on any atom is 0.265 e. The van der Waals surface area contributed by atoms with E-state index in [2.05, 4.69) is 25.6 Å². The first kappa shape index (κ1) is 14.6. The lowest BCUT2D eigenvalue weighted by molar-refractivity contribution is 0.414. The van der Waals surface area contributed by atoms with Gasteiger partial charge in [-0.25, -0.2) is 13.4 Å². The first-order chi connectivity index (χ1) is 9.42. The fourth-order valence-corrected chi connectivity index (χ4v) is 2.88. The number of benzene rings is 1. The summed E-state index contributed by atoms with van der Waals surface area (Å²) in [6.45, 7) is 0. The first-order valence-corrected chi connectivity index (χ1v) is 7.78. The van der Waals surface area contributed by atoms with Gasteiger partial charge in [-0.3, -0.25) is 4.72 Å². The standard InChI is InChI=1S/C12H12BrN3O3S/c1-19-9-3-4-11(10(14)6-9)20(17,18)16-12-5-2-8(13)7-15-12/h2-7H,14H2,1H3,(H,15,16). The monoisotopic (exact) mass is 357 g/mol. The number of aromatic nitrogens is 1. The molecule has 8 heteroatoms. The van der Waals surface area contributed by atoms with E-state index in [1.54, 1.807) is 12.1 Å². The van der Waals surface area contributed by atoms with Gasteiger partial charge in [0.15, 0.2) is 0 Å². The van der Waals surface area contributed by atoms with E-state index in [4.69, 9.17) is 10.5 Å². The molecule has 0 saturated carbocycles. The number of halogens is 1. The van der Waals surface area contributed by atoms with Crippen LogP contribution in [-0.2, 0) is 10.0 Å². The van der Waals surface area contributed by atoms with Crippen LogP contribution in [0.15, 0.2) is 45.9 Å². The number of sulfonamides is 1. The van der Waals surface area contributed by atoms with Crippen LogP contribution in [-0.4, -0.2) is 20.5 Å². The number of hydrogen-bond donors (Lipinski definition) is 2. The van der Waals surface area contributed by atoms with E-state index in [1.165, 1.54) is 31.5 Å². The van der Waals surface area contributed by atoms with Crippen molar-refractivity contribution in [2.45, 2.75) is 4.90 Å². The summed E-state index contributed by atoms with van der Waals surface area (Å²) < 4.78 is 32.5. The average molecular weight is 358 g/mol. The fraction of sp³-hybridized carbons (Fsp3) is 0.0833. The van der Waals surface area contributed by atoms with E-state index in [9.17, 15) is 8.42 Å². The van der Waals surface area contributed by atoms with Crippen molar-refractivity contribution in [1.82, 2.24) is 4.98 Å². The van der Waals surface area contributed by atoms with Crippen molar-refractivity contribution in [2.75, 3.05) is 17.6 Å². The molecule has 2 aromatic rings. The molecule has 106 valence electrons. The Kier molecular flexibility index (Phi) is 4.15. The topological polar surface area (TPSA) is 94.3 Å². The molecular formula is C12H12BrN3O3S. The molecule has 0 fully saturated rings. The molecule has 2 rings (SSSR count). The number of nitrogen functional groups attached to an aromatic ring is 1. The normalized spacial score (nSPS) is 11.1. The molecule has 0 amide bonds. The Morgan fingerprint density at radius 1 is 1.30 bits per heavy atom. The number of ether oxygens (including phenoxy) is 1. The lowest BCUT2D eigenvalue weighted by atomic mass is 10.3. The fourth-order valence-electron chi connectivity index (χ4n) is 1.53. The van der Waals surface area contributed by atoms with Crippen molar-refractivity contribution in [2.24, 2.45) is 0 Å². The molecule has 1 heterocycles. The number of nitrogens with one attached hydrogen (secondary N) is 1. The Morgan fingerprint density at radius 3 is 2.60 bits per heavy atom. The summed E-state index contributed by atoms with van der Waals surface area (Å²) in [5.74, 6) is 0.701. The molecule has 0 aliphatic rings. The minimum atomic E-state index is -3.79. The second-order valence-corrected chi connectivity index (χ2v) is 6.44. The molecule has 1 aromatic heterocycles. The molecule has 0 saturated heterocycles. The third kappa shape index (κ3) is 3.20. The van der Waals surface area contributed by atoms with Crippen molar-refractivity contribution < 1.29 is 13.2 Å². The average Bonchev–Trinajstić information content (AvgIpc) is 2.40. The smallest absolute Gasteiger partial charge is 0.265 e. The van der Waals surface area contributed by atoms with Gasteiger partial charge in [-0.15, -0.1) is 0 Å². The molecule has 0 unspecified atom stereocenters. The maximum atomic E-state index is 12.2. The number of nitrogens with zero attached hydrogens (tertiary/aromatic N) is 1. The van der Waals surface area contributed by atoms with E-state index >= 15 is 0 Å². The summed E-state index contributed by atoms with van der Waals surface area (Å²) in [6, 6.07) is 7.59. The second-order valence-electron chi connectivity index (χ2n) is 3.87. The summed E-state index contributed by atoms with van der Waals surface area (Å²) >= 11 is 3.22. The summed E-state index contributed by atoms with van der Waals surface area (Å²) in [6.07, 6.45) is 1.50.